The fourth-order valence-electron chi connectivity index (χ4n) is 2.37. The SMILES string of the molecule is Fc1cccc(CCl)c1OCC1CSc2ccccc21. The summed E-state index contributed by atoms with van der Waals surface area (Å²) in [5.74, 6) is 1.48. The highest BCUT2D eigenvalue weighted by molar-refractivity contribution is 7.99. The van der Waals surface area contributed by atoms with Crippen LogP contribution < -0.4 is 4.74 Å². The van der Waals surface area contributed by atoms with Crippen LogP contribution in [0.3, 0.4) is 0 Å². The highest BCUT2D eigenvalue weighted by atomic mass is 35.5. The monoisotopic (exact) mass is 308 g/mol. The van der Waals surface area contributed by atoms with Gasteiger partial charge >= 0.3 is 0 Å². The van der Waals surface area contributed by atoms with Crippen LogP contribution >= 0.6 is 23.4 Å². The highest BCUT2D eigenvalue weighted by Crippen LogP contribution is 2.39. The third-order valence-electron chi connectivity index (χ3n) is 3.42. The standard InChI is InChI=1S/C16H14ClFOS/c17-8-11-4-3-6-14(18)16(11)19-9-12-10-20-15-7-2-1-5-13(12)15/h1-7,12H,8-10H2. The summed E-state index contributed by atoms with van der Waals surface area (Å²) in [5.41, 5.74) is 1.99. The van der Waals surface area contributed by atoms with Gasteiger partial charge in [0.25, 0.3) is 0 Å². The van der Waals surface area contributed by atoms with Crippen LogP contribution in [0.15, 0.2) is 47.4 Å². The molecule has 2 aromatic rings. The van der Waals surface area contributed by atoms with Crippen molar-refractivity contribution in [3.8, 4) is 5.75 Å². The molecule has 20 heavy (non-hydrogen) atoms. The molecule has 0 fully saturated rings. The average Bonchev–Trinajstić information content (AvgIpc) is 2.89. The molecule has 1 unspecified atom stereocenters. The number of fused-ring (bicyclic) bond motifs is 1. The van der Waals surface area contributed by atoms with Crippen LogP contribution in [0, 0.1) is 5.82 Å². The van der Waals surface area contributed by atoms with Crippen LogP contribution in [0.5, 0.6) is 5.75 Å². The van der Waals surface area contributed by atoms with Crippen molar-refractivity contribution in [1.29, 1.82) is 0 Å². The van der Waals surface area contributed by atoms with E-state index in [0.29, 0.717) is 18.1 Å². The lowest BCUT2D eigenvalue weighted by molar-refractivity contribution is 0.281. The largest absolute Gasteiger partial charge is 0.490 e. The van der Waals surface area contributed by atoms with Crippen LogP contribution in [-0.2, 0) is 5.88 Å². The van der Waals surface area contributed by atoms with E-state index in [0.717, 1.165) is 5.75 Å². The zero-order chi connectivity index (χ0) is 13.9. The molecule has 0 saturated heterocycles. The Bertz CT molecular complexity index is 617. The predicted molar refractivity (Wildman–Crippen MR) is 81.4 cm³/mol. The van der Waals surface area contributed by atoms with E-state index in [1.165, 1.54) is 16.5 Å². The lowest BCUT2D eigenvalue weighted by atomic mass is 10.0. The van der Waals surface area contributed by atoms with E-state index < -0.39 is 0 Å². The van der Waals surface area contributed by atoms with Gasteiger partial charge in [-0.1, -0.05) is 30.3 Å². The lowest BCUT2D eigenvalue weighted by Gasteiger charge is -2.15. The molecule has 1 heterocycles. The number of rotatable bonds is 4. The first-order chi connectivity index (χ1) is 9.79. The van der Waals surface area contributed by atoms with E-state index in [9.17, 15) is 4.39 Å². The Hall–Kier alpha value is -1.19. The van der Waals surface area contributed by atoms with E-state index in [-0.39, 0.29) is 17.4 Å². The van der Waals surface area contributed by atoms with E-state index >= 15 is 0 Å². The Labute approximate surface area is 127 Å². The predicted octanol–water partition coefficient (Wildman–Crippen LogP) is 4.83. The Morgan fingerprint density at radius 2 is 2.05 bits per heavy atom. The molecule has 3 rings (SSSR count). The fourth-order valence-corrected chi connectivity index (χ4v) is 3.81. The Kier molecular flexibility index (Phi) is 4.18. The maximum atomic E-state index is 13.8. The van der Waals surface area contributed by atoms with Crippen molar-refractivity contribution in [2.24, 2.45) is 0 Å². The zero-order valence-corrected chi connectivity index (χ0v) is 12.4. The first-order valence-corrected chi connectivity index (χ1v) is 7.99. The maximum Gasteiger partial charge on any atom is 0.165 e. The summed E-state index contributed by atoms with van der Waals surface area (Å²) in [4.78, 5) is 1.30. The minimum Gasteiger partial charge on any atom is -0.490 e. The van der Waals surface area contributed by atoms with E-state index in [1.807, 2.05) is 23.9 Å². The van der Waals surface area contributed by atoms with Gasteiger partial charge in [0.15, 0.2) is 11.6 Å². The first kappa shape index (κ1) is 13.8. The van der Waals surface area contributed by atoms with Gasteiger partial charge in [-0.05, 0) is 17.7 Å². The number of halogens is 2. The van der Waals surface area contributed by atoms with Gasteiger partial charge in [0.1, 0.15) is 0 Å². The van der Waals surface area contributed by atoms with E-state index in [2.05, 4.69) is 12.1 Å². The van der Waals surface area contributed by atoms with Crippen molar-refractivity contribution in [3.63, 3.8) is 0 Å². The molecular formula is C16H14ClFOS. The van der Waals surface area contributed by atoms with E-state index in [1.54, 1.807) is 12.1 Å². The van der Waals surface area contributed by atoms with Crippen LogP contribution in [-0.4, -0.2) is 12.4 Å². The molecule has 0 N–H and O–H groups in total. The van der Waals surface area contributed by atoms with Crippen LogP contribution in [0.4, 0.5) is 4.39 Å². The third kappa shape index (κ3) is 2.65. The Balaban J connectivity index is 1.75. The number of benzene rings is 2. The first-order valence-electron chi connectivity index (χ1n) is 6.47. The average molecular weight is 309 g/mol. The second kappa shape index (κ2) is 6.06. The van der Waals surface area contributed by atoms with Gasteiger partial charge in [0.2, 0.25) is 0 Å². The molecule has 2 aromatic carbocycles. The summed E-state index contributed by atoms with van der Waals surface area (Å²) in [6, 6.07) is 13.2. The van der Waals surface area contributed by atoms with Gasteiger partial charge in [-0.25, -0.2) is 4.39 Å². The molecule has 0 amide bonds. The lowest BCUT2D eigenvalue weighted by Crippen LogP contribution is -2.11. The molecule has 1 atom stereocenters. The fraction of sp³-hybridized carbons (Fsp3) is 0.250. The number of hydrogen-bond acceptors (Lipinski definition) is 2. The van der Waals surface area contributed by atoms with Crippen molar-refractivity contribution in [3.05, 3.63) is 59.4 Å². The number of hydrogen-bond donors (Lipinski definition) is 0. The van der Waals surface area contributed by atoms with Crippen molar-refractivity contribution in [2.75, 3.05) is 12.4 Å². The summed E-state index contributed by atoms with van der Waals surface area (Å²) in [7, 11) is 0. The summed E-state index contributed by atoms with van der Waals surface area (Å²) < 4.78 is 19.5. The van der Waals surface area contributed by atoms with Crippen LogP contribution in [0.25, 0.3) is 0 Å². The highest BCUT2D eigenvalue weighted by Gasteiger charge is 2.24. The quantitative estimate of drug-likeness (QED) is 0.748. The molecule has 0 aliphatic carbocycles. The van der Waals surface area contributed by atoms with Gasteiger partial charge in [0, 0.05) is 22.1 Å². The topological polar surface area (TPSA) is 9.23 Å². The smallest absolute Gasteiger partial charge is 0.165 e. The number of thioether (sulfide) groups is 1. The molecule has 104 valence electrons. The number of para-hydroxylation sites is 1. The molecule has 0 aromatic heterocycles. The van der Waals surface area contributed by atoms with Crippen molar-refractivity contribution < 1.29 is 9.13 Å². The molecule has 0 spiro atoms. The number of alkyl halides is 1. The zero-order valence-electron chi connectivity index (χ0n) is 10.8. The van der Waals surface area contributed by atoms with Gasteiger partial charge in [-0.15, -0.1) is 23.4 Å². The summed E-state index contributed by atoms with van der Waals surface area (Å²) in [6.07, 6.45) is 0. The van der Waals surface area contributed by atoms with Gasteiger partial charge in [0.05, 0.1) is 12.5 Å². The molecule has 0 radical (unpaired) electrons. The molecule has 4 heteroatoms. The minimum absolute atomic E-state index is 0.253. The van der Waals surface area contributed by atoms with Crippen molar-refractivity contribution in [2.45, 2.75) is 16.7 Å². The van der Waals surface area contributed by atoms with Gasteiger partial charge < -0.3 is 4.74 Å². The normalized spacial score (nSPS) is 17.0. The maximum absolute atomic E-state index is 13.8. The molecule has 0 bridgehead atoms. The third-order valence-corrected chi connectivity index (χ3v) is 4.96. The van der Waals surface area contributed by atoms with Crippen LogP contribution in [0.2, 0.25) is 0 Å². The summed E-state index contributed by atoms with van der Waals surface area (Å²) in [5, 5.41) is 0. The molecule has 1 aliphatic heterocycles. The Morgan fingerprint density at radius 1 is 1.20 bits per heavy atom. The molecule has 1 aliphatic rings. The van der Waals surface area contributed by atoms with Crippen molar-refractivity contribution in [1.82, 2.24) is 0 Å². The van der Waals surface area contributed by atoms with Crippen LogP contribution in [0.1, 0.15) is 17.0 Å². The second-order valence-corrected chi connectivity index (χ2v) is 6.05. The van der Waals surface area contributed by atoms with Crippen molar-refractivity contribution >= 4 is 23.4 Å². The van der Waals surface area contributed by atoms with Gasteiger partial charge in [-0.3, -0.25) is 0 Å². The second-order valence-electron chi connectivity index (χ2n) is 4.72. The summed E-state index contributed by atoms with van der Waals surface area (Å²) in [6.45, 7) is 0.481. The Morgan fingerprint density at radius 3 is 2.90 bits per heavy atom. The molecular weight excluding hydrogens is 295 g/mol. The van der Waals surface area contributed by atoms with E-state index in [4.69, 9.17) is 16.3 Å². The minimum atomic E-state index is -0.345. The van der Waals surface area contributed by atoms with Gasteiger partial charge in [-0.2, -0.15) is 0 Å². The summed E-state index contributed by atoms with van der Waals surface area (Å²) >= 11 is 7.66. The molecule has 1 nitrogen and oxygen atoms in total. The number of ether oxygens (including phenoxy) is 1. The molecule has 0 saturated carbocycles.